The van der Waals surface area contributed by atoms with E-state index in [1.54, 1.807) is 7.11 Å². The van der Waals surface area contributed by atoms with Gasteiger partial charge in [0.25, 0.3) is 0 Å². The highest BCUT2D eigenvalue weighted by atomic mass is 35.5. The summed E-state index contributed by atoms with van der Waals surface area (Å²) in [4.78, 5) is 0. The Morgan fingerprint density at radius 2 is 2.15 bits per heavy atom. The molecule has 0 saturated heterocycles. The lowest BCUT2D eigenvalue weighted by Gasteiger charge is -2.45. The Hall–Kier alpha value is -0.280. The van der Waals surface area contributed by atoms with Crippen LogP contribution in [0.3, 0.4) is 0 Å². The normalized spacial score (nSPS) is 28.4. The molecular weight excluding hydrogens is 293 g/mol. The van der Waals surface area contributed by atoms with Crippen LogP contribution < -0.4 is 5.32 Å². The molecule has 0 bridgehead atoms. The Kier molecular flexibility index (Phi) is 5.36. The molecule has 1 saturated carbocycles. The molecule has 1 aliphatic carbocycles. The average molecular weight is 316 g/mol. The molecule has 3 atom stereocenters. The van der Waals surface area contributed by atoms with Gasteiger partial charge in [0, 0.05) is 7.11 Å². The number of hydrogen-bond acceptors (Lipinski definition) is 2. The number of rotatable bonds is 4. The van der Waals surface area contributed by atoms with Crippen molar-refractivity contribution in [1.82, 2.24) is 5.32 Å². The predicted octanol–water partition coefficient (Wildman–Crippen LogP) is 4.85. The van der Waals surface area contributed by atoms with Gasteiger partial charge in [-0.2, -0.15) is 0 Å². The molecule has 0 aromatic heterocycles. The van der Waals surface area contributed by atoms with Gasteiger partial charge in [0.2, 0.25) is 0 Å². The van der Waals surface area contributed by atoms with Gasteiger partial charge >= 0.3 is 0 Å². The maximum Gasteiger partial charge on any atom is 0.0875 e. The van der Waals surface area contributed by atoms with Crippen LogP contribution in [0.15, 0.2) is 18.2 Å². The lowest BCUT2D eigenvalue weighted by Crippen LogP contribution is -2.47. The first-order valence-electron chi connectivity index (χ1n) is 7.20. The highest BCUT2D eigenvalue weighted by molar-refractivity contribution is 6.42. The molecule has 1 aliphatic rings. The minimum Gasteiger partial charge on any atom is -0.376 e. The Labute approximate surface area is 131 Å². The topological polar surface area (TPSA) is 21.3 Å². The van der Waals surface area contributed by atoms with Crippen molar-refractivity contribution in [3.63, 3.8) is 0 Å². The molecule has 1 fully saturated rings. The van der Waals surface area contributed by atoms with Crippen LogP contribution in [0, 0.1) is 5.92 Å². The van der Waals surface area contributed by atoms with Crippen molar-refractivity contribution in [1.29, 1.82) is 0 Å². The summed E-state index contributed by atoms with van der Waals surface area (Å²) < 4.78 is 5.99. The van der Waals surface area contributed by atoms with Crippen molar-refractivity contribution in [2.75, 3.05) is 14.2 Å². The number of methoxy groups -OCH3 is 1. The predicted molar refractivity (Wildman–Crippen MR) is 85.6 cm³/mol. The lowest BCUT2D eigenvalue weighted by atomic mass is 9.72. The van der Waals surface area contributed by atoms with Crippen molar-refractivity contribution < 1.29 is 4.74 Å². The summed E-state index contributed by atoms with van der Waals surface area (Å²) in [5.41, 5.74) is 0.818. The highest BCUT2D eigenvalue weighted by Gasteiger charge is 2.43. The van der Waals surface area contributed by atoms with Gasteiger partial charge in [-0.3, -0.25) is 0 Å². The van der Waals surface area contributed by atoms with E-state index in [1.165, 1.54) is 12.8 Å². The fourth-order valence-electron chi connectivity index (χ4n) is 3.55. The van der Waals surface area contributed by atoms with E-state index in [0.29, 0.717) is 16.0 Å². The third kappa shape index (κ3) is 2.99. The van der Waals surface area contributed by atoms with Crippen molar-refractivity contribution >= 4 is 23.2 Å². The van der Waals surface area contributed by atoms with Crippen LogP contribution in [0.4, 0.5) is 0 Å². The van der Waals surface area contributed by atoms with Crippen LogP contribution >= 0.6 is 23.2 Å². The number of nitrogens with one attached hydrogen (secondary N) is 1. The molecule has 0 heterocycles. The second-order valence-corrected chi connectivity index (χ2v) is 6.62. The number of ether oxygens (including phenoxy) is 1. The maximum atomic E-state index is 6.41. The third-order valence-electron chi connectivity index (χ3n) is 4.50. The molecule has 3 unspecified atom stereocenters. The molecule has 0 amide bonds. The first-order chi connectivity index (χ1) is 9.54. The summed E-state index contributed by atoms with van der Waals surface area (Å²) in [5.74, 6) is 0.664. The summed E-state index contributed by atoms with van der Waals surface area (Å²) >= 11 is 12.6. The van der Waals surface area contributed by atoms with E-state index in [4.69, 9.17) is 27.9 Å². The van der Waals surface area contributed by atoms with Crippen LogP contribution in [0.5, 0.6) is 0 Å². The average Bonchev–Trinajstić information content (AvgIpc) is 2.44. The van der Waals surface area contributed by atoms with Gasteiger partial charge in [-0.05, 0) is 37.4 Å². The van der Waals surface area contributed by atoms with Gasteiger partial charge in [0.1, 0.15) is 0 Å². The van der Waals surface area contributed by atoms with E-state index in [0.717, 1.165) is 18.4 Å². The van der Waals surface area contributed by atoms with Crippen LogP contribution in [0.25, 0.3) is 0 Å². The van der Waals surface area contributed by atoms with E-state index in [-0.39, 0.29) is 11.6 Å². The number of hydrogen-bond donors (Lipinski definition) is 1. The summed E-state index contributed by atoms with van der Waals surface area (Å²) in [6.07, 6.45) is 4.54. The van der Waals surface area contributed by atoms with Crippen LogP contribution in [0.2, 0.25) is 10.0 Å². The molecule has 1 N–H and O–H groups in total. The zero-order valence-electron chi connectivity index (χ0n) is 12.4. The Morgan fingerprint density at radius 1 is 1.40 bits per heavy atom. The van der Waals surface area contributed by atoms with Gasteiger partial charge in [-0.15, -0.1) is 0 Å². The molecule has 0 aliphatic heterocycles. The molecule has 4 heteroatoms. The van der Waals surface area contributed by atoms with Crippen molar-refractivity contribution in [2.24, 2.45) is 5.92 Å². The summed E-state index contributed by atoms with van der Waals surface area (Å²) in [6, 6.07) is 5.86. The fraction of sp³-hybridized carbons (Fsp3) is 0.625. The molecule has 2 rings (SSSR count). The Balaban J connectivity index is 2.41. The number of likely N-dealkylation sites (N-methyl/N-ethyl adjacent to an activating group) is 1. The van der Waals surface area contributed by atoms with E-state index >= 15 is 0 Å². The lowest BCUT2D eigenvalue weighted by molar-refractivity contribution is -0.0790. The first-order valence-corrected chi connectivity index (χ1v) is 7.96. The quantitative estimate of drug-likeness (QED) is 0.857. The second kappa shape index (κ2) is 6.65. The van der Waals surface area contributed by atoms with Crippen molar-refractivity contribution in [2.45, 2.75) is 44.2 Å². The van der Waals surface area contributed by atoms with Gasteiger partial charge < -0.3 is 10.1 Å². The van der Waals surface area contributed by atoms with E-state index in [2.05, 4.69) is 12.2 Å². The minimum atomic E-state index is -0.208. The molecule has 112 valence electrons. The zero-order valence-corrected chi connectivity index (χ0v) is 13.9. The summed E-state index contributed by atoms with van der Waals surface area (Å²) in [6.45, 7) is 2.29. The number of benzene rings is 1. The largest absolute Gasteiger partial charge is 0.376 e. The van der Waals surface area contributed by atoms with Crippen molar-refractivity contribution in [3.8, 4) is 0 Å². The maximum absolute atomic E-state index is 6.41. The zero-order chi connectivity index (χ0) is 14.8. The van der Waals surface area contributed by atoms with Crippen LogP contribution in [-0.4, -0.2) is 19.8 Å². The molecule has 20 heavy (non-hydrogen) atoms. The Morgan fingerprint density at radius 3 is 2.75 bits per heavy atom. The van der Waals surface area contributed by atoms with E-state index in [1.807, 2.05) is 25.2 Å². The molecule has 1 aromatic rings. The SMILES string of the molecule is CNC(c1cccc(Cl)c1Cl)C1(OC)CCCC(C)C1. The van der Waals surface area contributed by atoms with Gasteiger partial charge in [-0.25, -0.2) is 0 Å². The van der Waals surface area contributed by atoms with Gasteiger partial charge in [0.15, 0.2) is 0 Å². The molecule has 1 aromatic carbocycles. The molecular formula is C16H23Cl2NO. The highest BCUT2D eigenvalue weighted by Crippen LogP contribution is 2.45. The number of halogens is 2. The fourth-order valence-corrected chi connectivity index (χ4v) is 3.97. The third-order valence-corrected chi connectivity index (χ3v) is 5.34. The van der Waals surface area contributed by atoms with Crippen LogP contribution in [0.1, 0.15) is 44.2 Å². The second-order valence-electron chi connectivity index (χ2n) is 5.84. The Bertz CT molecular complexity index is 466. The van der Waals surface area contributed by atoms with E-state index in [9.17, 15) is 0 Å². The van der Waals surface area contributed by atoms with Crippen molar-refractivity contribution in [3.05, 3.63) is 33.8 Å². The standard InChI is InChI=1S/C16H23Cl2NO/c1-11-6-5-9-16(10-11,20-3)15(19-2)12-7-4-8-13(17)14(12)18/h4,7-8,11,15,19H,5-6,9-10H2,1-3H3. The molecule has 0 radical (unpaired) electrons. The molecule has 0 spiro atoms. The van der Waals surface area contributed by atoms with Crippen LogP contribution in [-0.2, 0) is 4.74 Å². The summed E-state index contributed by atoms with van der Waals surface area (Å²) in [5, 5.41) is 4.63. The smallest absolute Gasteiger partial charge is 0.0875 e. The molecule has 2 nitrogen and oxygen atoms in total. The first kappa shape index (κ1) is 16.1. The van der Waals surface area contributed by atoms with E-state index < -0.39 is 0 Å². The monoisotopic (exact) mass is 315 g/mol. The summed E-state index contributed by atoms with van der Waals surface area (Å²) in [7, 11) is 3.77. The minimum absolute atomic E-state index is 0.0569. The van der Waals surface area contributed by atoms with Gasteiger partial charge in [-0.1, -0.05) is 55.1 Å². The van der Waals surface area contributed by atoms with Gasteiger partial charge in [0.05, 0.1) is 21.7 Å².